The molecular formula is C15H22O4S. The highest BCUT2D eigenvalue weighted by molar-refractivity contribution is 7.91. The first-order valence-corrected chi connectivity index (χ1v) is 8.39. The van der Waals surface area contributed by atoms with E-state index in [1.54, 1.807) is 25.1 Å². The van der Waals surface area contributed by atoms with Gasteiger partial charge in [-0.15, -0.1) is 0 Å². The van der Waals surface area contributed by atoms with E-state index in [0.717, 1.165) is 5.56 Å². The zero-order chi connectivity index (χ0) is 15.3. The van der Waals surface area contributed by atoms with E-state index < -0.39 is 15.8 Å². The second-order valence-corrected chi connectivity index (χ2v) is 7.27. The highest BCUT2D eigenvalue weighted by Gasteiger charge is 2.21. The minimum absolute atomic E-state index is 0.0117. The molecular weight excluding hydrogens is 276 g/mol. The number of benzene rings is 1. The fraction of sp³-hybridized carbons (Fsp3) is 0.533. The number of sulfone groups is 1. The number of ether oxygens (including phenoxy) is 1. The average molecular weight is 298 g/mol. The number of esters is 1. The number of aryl methyl sites for hydroxylation is 1. The highest BCUT2D eigenvalue weighted by atomic mass is 32.2. The van der Waals surface area contributed by atoms with Gasteiger partial charge in [0.05, 0.1) is 23.7 Å². The van der Waals surface area contributed by atoms with E-state index in [1.807, 2.05) is 20.8 Å². The van der Waals surface area contributed by atoms with Gasteiger partial charge in [0.2, 0.25) is 0 Å². The maximum Gasteiger partial charge on any atom is 0.310 e. The van der Waals surface area contributed by atoms with E-state index in [1.165, 1.54) is 0 Å². The summed E-state index contributed by atoms with van der Waals surface area (Å²) in [6.07, 6.45) is -0.0117. The molecule has 0 amide bonds. The quantitative estimate of drug-likeness (QED) is 0.757. The van der Waals surface area contributed by atoms with Crippen LogP contribution in [0.5, 0.6) is 0 Å². The van der Waals surface area contributed by atoms with Crippen molar-refractivity contribution in [1.82, 2.24) is 0 Å². The van der Waals surface area contributed by atoms with Gasteiger partial charge in [-0.3, -0.25) is 4.79 Å². The first-order chi connectivity index (χ1) is 9.26. The molecule has 0 atom stereocenters. The van der Waals surface area contributed by atoms with Crippen molar-refractivity contribution in [2.75, 3.05) is 12.4 Å². The Morgan fingerprint density at radius 3 is 2.50 bits per heavy atom. The van der Waals surface area contributed by atoms with E-state index in [4.69, 9.17) is 4.74 Å². The summed E-state index contributed by atoms with van der Waals surface area (Å²) in [5.41, 5.74) is 1.44. The molecule has 4 nitrogen and oxygen atoms in total. The minimum atomic E-state index is -3.38. The van der Waals surface area contributed by atoms with Crippen LogP contribution in [0.3, 0.4) is 0 Å². The highest BCUT2D eigenvalue weighted by Crippen LogP contribution is 2.21. The molecule has 0 spiro atoms. The van der Waals surface area contributed by atoms with Crippen LogP contribution in [0.15, 0.2) is 23.1 Å². The topological polar surface area (TPSA) is 60.4 Å². The monoisotopic (exact) mass is 298 g/mol. The van der Waals surface area contributed by atoms with E-state index in [9.17, 15) is 13.2 Å². The third-order valence-electron chi connectivity index (χ3n) is 2.74. The number of hydrogen-bond donors (Lipinski definition) is 0. The second-order valence-electron chi connectivity index (χ2n) is 5.27. The molecule has 0 radical (unpaired) electrons. The third-order valence-corrected chi connectivity index (χ3v) is 4.92. The van der Waals surface area contributed by atoms with Crippen LogP contribution in [-0.2, 0) is 25.8 Å². The van der Waals surface area contributed by atoms with Crippen molar-refractivity contribution in [2.45, 2.75) is 39.0 Å². The van der Waals surface area contributed by atoms with Crippen LogP contribution in [0.4, 0.5) is 0 Å². The summed E-state index contributed by atoms with van der Waals surface area (Å²) in [6, 6.07) is 5.08. The average Bonchev–Trinajstić information content (AvgIpc) is 2.26. The van der Waals surface area contributed by atoms with Gasteiger partial charge in [0.1, 0.15) is 0 Å². The molecule has 1 rings (SSSR count). The number of rotatable bonds is 6. The Labute approximate surface area is 121 Å². The van der Waals surface area contributed by atoms with Crippen molar-refractivity contribution in [1.29, 1.82) is 0 Å². The lowest BCUT2D eigenvalue weighted by atomic mass is 10.1. The fourth-order valence-corrected chi connectivity index (χ4v) is 3.91. The molecule has 0 aliphatic carbocycles. The summed E-state index contributed by atoms with van der Waals surface area (Å²) < 4.78 is 29.6. The third kappa shape index (κ3) is 4.63. The zero-order valence-electron chi connectivity index (χ0n) is 12.5. The molecule has 0 fully saturated rings. The lowest BCUT2D eigenvalue weighted by Crippen LogP contribution is -2.16. The molecule has 0 saturated carbocycles. The van der Waals surface area contributed by atoms with Crippen molar-refractivity contribution in [3.8, 4) is 0 Å². The Morgan fingerprint density at radius 2 is 1.95 bits per heavy atom. The molecule has 0 bridgehead atoms. The van der Waals surface area contributed by atoms with E-state index in [2.05, 4.69) is 0 Å². The summed E-state index contributed by atoms with van der Waals surface area (Å²) in [5.74, 6) is -0.290. The summed E-state index contributed by atoms with van der Waals surface area (Å²) in [4.78, 5) is 11.8. The maximum atomic E-state index is 12.4. The largest absolute Gasteiger partial charge is 0.466 e. The molecule has 1 aromatic carbocycles. The molecule has 0 aliphatic rings. The van der Waals surface area contributed by atoms with Gasteiger partial charge in [0.25, 0.3) is 0 Å². The van der Waals surface area contributed by atoms with Crippen LogP contribution in [-0.4, -0.2) is 26.7 Å². The number of carbonyl (C=O) groups is 1. The molecule has 20 heavy (non-hydrogen) atoms. The van der Waals surface area contributed by atoms with Gasteiger partial charge >= 0.3 is 5.97 Å². The number of carbonyl (C=O) groups excluding carboxylic acids is 1. The summed E-state index contributed by atoms with van der Waals surface area (Å²) in [5, 5.41) is 0. The zero-order valence-corrected chi connectivity index (χ0v) is 13.3. The van der Waals surface area contributed by atoms with Crippen molar-refractivity contribution in [2.24, 2.45) is 5.92 Å². The van der Waals surface area contributed by atoms with Crippen molar-refractivity contribution in [3.63, 3.8) is 0 Å². The smallest absolute Gasteiger partial charge is 0.310 e. The minimum Gasteiger partial charge on any atom is -0.466 e. The molecule has 0 unspecified atom stereocenters. The van der Waals surface area contributed by atoms with Crippen LogP contribution in [0.1, 0.15) is 31.9 Å². The standard InChI is InChI=1S/C15H22O4S/c1-5-19-15(16)9-13-8-12(4)6-7-14(13)20(17,18)10-11(2)3/h6-8,11H,5,9-10H2,1-4H3. The lowest BCUT2D eigenvalue weighted by molar-refractivity contribution is -0.142. The fourth-order valence-electron chi connectivity index (χ4n) is 2.05. The van der Waals surface area contributed by atoms with Gasteiger partial charge in [-0.25, -0.2) is 8.42 Å². The normalized spacial score (nSPS) is 11.7. The summed E-state index contributed by atoms with van der Waals surface area (Å²) in [7, 11) is -3.38. The van der Waals surface area contributed by atoms with Crippen molar-refractivity contribution < 1.29 is 17.9 Å². The van der Waals surface area contributed by atoms with Gasteiger partial charge in [0, 0.05) is 0 Å². The van der Waals surface area contributed by atoms with Gasteiger partial charge in [-0.05, 0) is 31.4 Å². The second kappa shape index (κ2) is 6.88. The van der Waals surface area contributed by atoms with Gasteiger partial charge in [0.15, 0.2) is 9.84 Å². The number of hydrogen-bond acceptors (Lipinski definition) is 4. The van der Waals surface area contributed by atoms with Gasteiger partial charge < -0.3 is 4.74 Å². The lowest BCUT2D eigenvalue weighted by Gasteiger charge is -2.12. The van der Waals surface area contributed by atoms with Crippen molar-refractivity contribution >= 4 is 15.8 Å². The van der Waals surface area contributed by atoms with Crippen LogP contribution in [0, 0.1) is 12.8 Å². The molecule has 1 aromatic rings. The molecule has 5 heteroatoms. The molecule has 0 saturated heterocycles. The van der Waals surface area contributed by atoms with Gasteiger partial charge in [-0.2, -0.15) is 0 Å². The van der Waals surface area contributed by atoms with Crippen LogP contribution in [0.25, 0.3) is 0 Å². The van der Waals surface area contributed by atoms with Crippen LogP contribution >= 0.6 is 0 Å². The molecule has 0 heterocycles. The van der Waals surface area contributed by atoms with Crippen LogP contribution in [0.2, 0.25) is 0 Å². The Bertz CT molecular complexity index is 574. The molecule has 0 aromatic heterocycles. The molecule has 112 valence electrons. The van der Waals surface area contributed by atoms with Crippen molar-refractivity contribution in [3.05, 3.63) is 29.3 Å². The Kier molecular flexibility index (Phi) is 5.74. The Hall–Kier alpha value is -1.36. The molecule has 0 N–H and O–H groups in total. The van der Waals surface area contributed by atoms with Gasteiger partial charge in [-0.1, -0.05) is 31.5 Å². The first-order valence-electron chi connectivity index (χ1n) is 6.74. The SMILES string of the molecule is CCOC(=O)Cc1cc(C)ccc1S(=O)(=O)CC(C)C. The van der Waals surface area contributed by atoms with Crippen LogP contribution < -0.4 is 0 Å². The summed E-state index contributed by atoms with van der Waals surface area (Å²) in [6.45, 7) is 7.60. The predicted molar refractivity (Wildman–Crippen MR) is 78.4 cm³/mol. The molecule has 0 aliphatic heterocycles. The Balaban J connectivity index is 3.17. The van der Waals surface area contributed by atoms with E-state index in [-0.39, 0.29) is 23.0 Å². The van der Waals surface area contributed by atoms with E-state index in [0.29, 0.717) is 12.2 Å². The predicted octanol–water partition coefficient (Wildman–Crippen LogP) is 2.53. The van der Waals surface area contributed by atoms with E-state index >= 15 is 0 Å². The maximum absolute atomic E-state index is 12.4. The Morgan fingerprint density at radius 1 is 1.30 bits per heavy atom. The first kappa shape index (κ1) is 16.7. The summed E-state index contributed by atoms with van der Waals surface area (Å²) >= 11 is 0.